The summed E-state index contributed by atoms with van der Waals surface area (Å²) in [5, 5.41) is 0. The normalized spacial score (nSPS) is 19.7. The number of hydrogen-bond donors (Lipinski definition) is 2. The molecule has 1 aliphatic heterocycles. The molecule has 6 heteroatoms. The summed E-state index contributed by atoms with van der Waals surface area (Å²) in [6, 6.07) is 7.40. The van der Waals surface area contributed by atoms with Crippen molar-refractivity contribution in [3.63, 3.8) is 0 Å². The molecular formula is C13H20N2O2S2. The molecule has 0 saturated carbocycles. The smallest absolute Gasteiger partial charge is 0.215 e. The molecule has 1 atom stereocenters. The van der Waals surface area contributed by atoms with E-state index in [0.29, 0.717) is 19.0 Å². The third kappa shape index (κ3) is 4.80. The van der Waals surface area contributed by atoms with Gasteiger partial charge in [0.25, 0.3) is 0 Å². The van der Waals surface area contributed by atoms with Gasteiger partial charge in [0.2, 0.25) is 10.0 Å². The summed E-state index contributed by atoms with van der Waals surface area (Å²) in [4.78, 5) is 0. The zero-order valence-electron chi connectivity index (χ0n) is 10.8. The van der Waals surface area contributed by atoms with Crippen LogP contribution in [0.3, 0.4) is 0 Å². The van der Waals surface area contributed by atoms with Crippen molar-refractivity contribution >= 4 is 21.8 Å². The maximum absolute atomic E-state index is 12.0. The first-order valence-electron chi connectivity index (χ1n) is 6.42. The van der Waals surface area contributed by atoms with E-state index in [1.54, 1.807) is 0 Å². The number of thioether (sulfide) groups is 1. The molecule has 106 valence electrons. The summed E-state index contributed by atoms with van der Waals surface area (Å²) in [6.45, 7) is 1.04. The average Bonchev–Trinajstić information content (AvgIpc) is 2.90. The van der Waals surface area contributed by atoms with Gasteiger partial charge >= 0.3 is 0 Å². The molecule has 1 heterocycles. The maximum atomic E-state index is 12.0. The number of sulfonamides is 1. The van der Waals surface area contributed by atoms with Crippen LogP contribution in [0.1, 0.15) is 17.5 Å². The third-order valence-corrected chi connectivity index (χ3v) is 5.78. The SMILES string of the molecule is NCc1ccc(CS(=O)(=O)NCC2CCSC2)cc1. The Kier molecular flexibility index (Phi) is 5.27. The largest absolute Gasteiger partial charge is 0.326 e. The van der Waals surface area contributed by atoms with Crippen molar-refractivity contribution in [2.45, 2.75) is 18.7 Å². The first-order chi connectivity index (χ1) is 9.09. The predicted molar refractivity (Wildman–Crippen MR) is 80.4 cm³/mol. The number of rotatable bonds is 6. The predicted octanol–water partition coefficient (Wildman–Crippen LogP) is 1.32. The van der Waals surface area contributed by atoms with Crippen LogP contribution in [0.4, 0.5) is 0 Å². The van der Waals surface area contributed by atoms with E-state index in [4.69, 9.17) is 5.73 Å². The standard InChI is InChI=1S/C13H20N2O2S2/c14-7-11-1-3-12(4-2-11)10-19(16,17)15-8-13-5-6-18-9-13/h1-4,13,15H,5-10,14H2. The number of nitrogens with one attached hydrogen (secondary N) is 1. The fourth-order valence-electron chi connectivity index (χ4n) is 2.03. The van der Waals surface area contributed by atoms with Crippen LogP contribution >= 0.6 is 11.8 Å². The van der Waals surface area contributed by atoms with E-state index in [9.17, 15) is 8.42 Å². The van der Waals surface area contributed by atoms with Crippen LogP contribution in [0.2, 0.25) is 0 Å². The molecule has 4 nitrogen and oxygen atoms in total. The van der Waals surface area contributed by atoms with Crippen LogP contribution in [0.25, 0.3) is 0 Å². The first-order valence-corrected chi connectivity index (χ1v) is 9.23. The summed E-state index contributed by atoms with van der Waals surface area (Å²) in [5.74, 6) is 2.73. The molecule has 1 aliphatic rings. The lowest BCUT2D eigenvalue weighted by atomic mass is 10.1. The number of benzene rings is 1. The van der Waals surface area contributed by atoms with E-state index >= 15 is 0 Å². The Hall–Kier alpha value is -0.560. The fraction of sp³-hybridized carbons (Fsp3) is 0.538. The van der Waals surface area contributed by atoms with Gasteiger partial charge in [-0.2, -0.15) is 11.8 Å². The lowest BCUT2D eigenvalue weighted by Crippen LogP contribution is -2.30. The molecule has 1 fully saturated rings. The summed E-state index contributed by atoms with van der Waals surface area (Å²) < 4.78 is 26.6. The molecule has 1 unspecified atom stereocenters. The molecule has 1 aromatic carbocycles. The van der Waals surface area contributed by atoms with Gasteiger partial charge in [-0.15, -0.1) is 0 Å². The molecule has 1 saturated heterocycles. The molecule has 0 amide bonds. The van der Waals surface area contributed by atoms with Gasteiger partial charge in [0.15, 0.2) is 0 Å². The van der Waals surface area contributed by atoms with Crippen molar-refractivity contribution in [1.82, 2.24) is 4.72 Å². The summed E-state index contributed by atoms with van der Waals surface area (Å²) in [6.07, 6.45) is 1.11. The topological polar surface area (TPSA) is 72.2 Å². The number of hydrogen-bond acceptors (Lipinski definition) is 4. The van der Waals surface area contributed by atoms with E-state index in [1.807, 2.05) is 36.0 Å². The second kappa shape index (κ2) is 6.74. The van der Waals surface area contributed by atoms with Gasteiger partial charge in [0.1, 0.15) is 0 Å². The first kappa shape index (κ1) is 14.8. The maximum Gasteiger partial charge on any atom is 0.215 e. The lowest BCUT2D eigenvalue weighted by Gasteiger charge is -2.11. The molecule has 0 radical (unpaired) electrons. The minimum atomic E-state index is -3.23. The van der Waals surface area contributed by atoms with E-state index in [1.165, 1.54) is 0 Å². The van der Waals surface area contributed by atoms with E-state index in [2.05, 4.69) is 4.72 Å². The second-order valence-corrected chi connectivity index (χ2v) is 7.81. The van der Waals surface area contributed by atoms with Gasteiger partial charge in [-0.25, -0.2) is 13.1 Å². The van der Waals surface area contributed by atoms with Crippen molar-refractivity contribution in [3.05, 3.63) is 35.4 Å². The van der Waals surface area contributed by atoms with Crippen LogP contribution in [0.5, 0.6) is 0 Å². The van der Waals surface area contributed by atoms with Gasteiger partial charge in [-0.3, -0.25) is 0 Å². The monoisotopic (exact) mass is 300 g/mol. The van der Waals surface area contributed by atoms with E-state index in [0.717, 1.165) is 29.1 Å². The Balaban J connectivity index is 1.88. The molecule has 2 rings (SSSR count). The Morgan fingerprint density at radius 1 is 1.26 bits per heavy atom. The van der Waals surface area contributed by atoms with Crippen LogP contribution in [0, 0.1) is 5.92 Å². The molecule has 0 aromatic heterocycles. The molecule has 0 spiro atoms. The van der Waals surface area contributed by atoms with Gasteiger partial charge in [0.05, 0.1) is 5.75 Å². The molecule has 0 aliphatic carbocycles. The highest BCUT2D eigenvalue weighted by atomic mass is 32.2. The summed E-state index contributed by atoms with van der Waals surface area (Å²) >= 11 is 1.89. The van der Waals surface area contributed by atoms with Gasteiger partial charge in [-0.1, -0.05) is 24.3 Å². The molecule has 19 heavy (non-hydrogen) atoms. The van der Waals surface area contributed by atoms with Crippen LogP contribution in [0.15, 0.2) is 24.3 Å². The van der Waals surface area contributed by atoms with Crippen molar-refractivity contribution in [2.24, 2.45) is 11.7 Å². The van der Waals surface area contributed by atoms with Crippen molar-refractivity contribution in [3.8, 4) is 0 Å². The van der Waals surface area contributed by atoms with Crippen molar-refractivity contribution < 1.29 is 8.42 Å². The number of nitrogens with two attached hydrogens (primary N) is 1. The average molecular weight is 300 g/mol. The van der Waals surface area contributed by atoms with Gasteiger partial charge in [-0.05, 0) is 35.0 Å². The van der Waals surface area contributed by atoms with Crippen molar-refractivity contribution in [2.75, 3.05) is 18.1 Å². The molecule has 3 N–H and O–H groups in total. The van der Waals surface area contributed by atoms with Crippen LogP contribution < -0.4 is 10.5 Å². The Morgan fingerprint density at radius 3 is 2.53 bits per heavy atom. The highest BCUT2D eigenvalue weighted by molar-refractivity contribution is 7.99. The fourth-order valence-corrected chi connectivity index (χ4v) is 4.54. The zero-order chi connectivity index (χ0) is 13.7. The quantitative estimate of drug-likeness (QED) is 0.831. The highest BCUT2D eigenvalue weighted by Crippen LogP contribution is 2.22. The molecule has 0 bridgehead atoms. The molecular weight excluding hydrogens is 280 g/mol. The van der Waals surface area contributed by atoms with Crippen LogP contribution in [-0.2, 0) is 22.3 Å². The van der Waals surface area contributed by atoms with E-state index in [-0.39, 0.29) is 5.75 Å². The highest BCUT2D eigenvalue weighted by Gasteiger charge is 2.18. The Bertz CT molecular complexity index is 494. The second-order valence-electron chi connectivity index (χ2n) is 4.86. The van der Waals surface area contributed by atoms with Crippen molar-refractivity contribution in [1.29, 1.82) is 0 Å². The zero-order valence-corrected chi connectivity index (χ0v) is 12.5. The summed E-state index contributed by atoms with van der Waals surface area (Å²) in [5.41, 5.74) is 7.32. The van der Waals surface area contributed by atoms with E-state index < -0.39 is 10.0 Å². The third-order valence-electron chi connectivity index (χ3n) is 3.23. The Labute approximate surface area is 119 Å². The minimum absolute atomic E-state index is 0.0394. The lowest BCUT2D eigenvalue weighted by molar-refractivity contribution is 0.545. The van der Waals surface area contributed by atoms with Gasteiger partial charge in [0, 0.05) is 13.1 Å². The minimum Gasteiger partial charge on any atom is -0.326 e. The van der Waals surface area contributed by atoms with Gasteiger partial charge < -0.3 is 5.73 Å². The van der Waals surface area contributed by atoms with Crippen LogP contribution in [-0.4, -0.2) is 26.5 Å². The molecule has 1 aromatic rings. The Morgan fingerprint density at radius 2 is 1.95 bits per heavy atom. The summed E-state index contributed by atoms with van der Waals surface area (Å²) in [7, 11) is -3.23.